The first-order chi connectivity index (χ1) is 14.2. The van der Waals surface area contributed by atoms with Gasteiger partial charge in [0.15, 0.2) is 5.69 Å². The van der Waals surface area contributed by atoms with Crippen LogP contribution in [0.25, 0.3) is 16.9 Å². The van der Waals surface area contributed by atoms with E-state index in [0.29, 0.717) is 10.7 Å². The standard InChI is InChI=1S/C19H13ClF3N5O2/c20-13-2-1-3-14(5-13)28-16(11-4-12(8-24-7-11)19(21,22)23)6-15(26-28)18(30)27-9-17(29)25-10-27/h1-8H,9-10H2,(H,25,29). The molecule has 3 aromatic rings. The van der Waals surface area contributed by atoms with Gasteiger partial charge < -0.3 is 10.2 Å². The minimum atomic E-state index is -4.58. The van der Waals surface area contributed by atoms with Gasteiger partial charge in [0.1, 0.15) is 6.54 Å². The van der Waals surface area contributed by atoms with E-state index in [1.165, 1.54) is 21.8 Å². The second-order valence-electron chi connectivity index (χ2n) is 6.53. The third-order valence-corrected chi connectivity index (χ3v) is 4.67. The van der Waals surface area contributed by atoms with Gasteiger partial charge in [0, 0.05) is 23.0 Å². The van der Waals surface area contributed by atoms with Gasteiger partial charge in [-0.05, 0) is 30.3 Å². The fraction of sp³-hybridized carbons (Fsp3) is 0.158. The van der Waals surface area contributed by atoms with Crippen LogP contribution in [0.5, 0.6) is 0 Å². The number of pyridine rings is 1. The molecule has 30 heavy (non-hydrogen) atoms. The summed E-state index contributed by atoms with van der Waals surface area (Å²) in [4.78, 5) is 29.1. The maximum Gasteiger partial charge on any atom is 0.417 e. The molecule has 0 saturated carbocycles. The van der Waals surface area contributed by atoms with Crippen molar-refractivity contribution in [2.45, 2.75) is 6.18 Å². The van der Waals surface area contributed by atoms with Crippen molar-refractivity contribution >= 4 is 23.4 Å². The number of nitrogens with zero attached hydrogens (tertiary/aromatic N) is 4. The van der Waals surface area contributed by atoms with E-state index in [2.05, 4.69) is 15.4 Å². The number of rotatable bonds is 3. The van der Waals surface area contributed by atoms with Crippen LogP contribution in [-0.2, 0) is 11.0 Å². The fourth-order valence-electron chi connectivity index (χ4n) is 3.01. The van der Waals surface area contributed by atoms with Crippen LogP contribution in [0.15, 0.2) is 48.8 Å². The summed E-state index contributed by atoms with van der Waals surface area (Å²) < 4.78 is 40.8. The number of carbonyl (C=O) groups excluding carboxylic acids is 2. The van der Waals surface area contributed by atoms with E-state index in [1.54, 1.807) is 24.3 Å². The van der Waals surface area contributed by atoms with Crippen LogP contribution in [-0.4, -0.2) is 44.7 Å². The summed E-state index contributed by atoms with van der Waals surface area (Å²) in [6, 6.07) is 8.79. The highest BCUT2D eigenvalue weighted by atomic mass is 35.5. The molecule has 1 aromatic carbocycles. The van der Waals surface area contributed by atoms with Gasteiger partial charge >= 0.3 is 6.18 Å². The summed E-state index contributed by atoms with van der Waals surface area (Å²) in [5.41, 5.74) is -0.172. The minimum absolute atomic E-state index is 0.0288. The molecule has 0 unspecified atom stereocenters. The molecule has 154 valence electrons. The maximum atomic E-state index is 13.2. The molecular formula is C19H13ClF3N5O2. The lowest BCUT2D eigenvalue weighted by molar-refractivity contribution is -0.137. The number of carbonyl (C=O) groups is 2. The molecule has 7 nitrogen and oxygen atoms in total. The van der Waals surface area contributed by atoms with Crippen LogP contribution >= 0.6 is 11.6 Å². The third kappa shape index (κ3) is 3.86. The van der Waals surface area contributed by atoms with Gasteiger partial charge in [-0.3, -0.25) is 14.6 Å². The minimum Gasteiger partial charge on any atom is -0.337 e. The lowest BCUT2D eigenvalue weighted by Gasteiger charge is -2.11. The van der Waals surface area contributed by atoms with E-state index in [1.807, 2.05) is 0 Å². The molecule has 3 heterocycles. The molecule has 1 fully saturated rings. The average molecular weight is 436 g/mol. The Kier molecular flexibility index (Phi) is 4.94. The summed E-state index contributed by atoms with van der Waals surface area (Å²) in [6.45, 7) is -0.0918. The van der Waals surface area contributed by atoms with Crippen molar-refractivity contribution in [3.05, 3.63) is 65.1 Å². The van der Waals surface area contributed by atoms with Crippen LogP contribution in [0, 0.1) is 0 Å². The molecule has 0 atom stereocenters. The smallest absolute Gasteiger partial charge is 0.337 e. The molecule has 0 radical (unpaired) electrons. The molecule has 2 aromatic heterocycles. The van der Waals surface area contributed by atoms with E-state index >= 15 is 0 Å². The van der Waals surface area contributed by atoms with E-state index < -0.39 is 17.6 Å². The van der Waals surface area contributed by atoms with Gasteiger partial charge in [-0.15, -0.1) is 0 Å². The SMILES string of the molecule is O=C1CN(C(=O)c2cc(-c3cncc(C(F)(F)F)c3)n(-c3cccc(Cl)c3)n2)CN1. The van der Waals surface area contributed by atoms with Gasteiger partial charge in [-0.25, -0.2) is 4.68 Å². The molecule has 1 saturated heterocycles. The molecule has 1 aliphatic rings. The average Bonchev–Trinajstić information content (AvgIpc) is 3.34. The zero-order valence-corrected chi connectivity index (χ0v) is 15.9. The van der Waals surface area contributed by atoms with Crippen LogP contribution < -0.4 is 5.32 Å². The zero-order valence-electron chi connectivity index (χ0n) is 15.2. The van der Waals surface area contributed by atoms with E-state index in [0.717, 1.165) is 12.3 Å². The largest absolute Gasteiger partial charge is 0.417 e. The number of nitrogens with one attached hydrogen (secondary N) is 1. The number of alkyl halides is 3. The zero-order chi connectivity index (χ0) is 21.5. The fourth-order valence-corrected chi connectivity index (χ4v) is 3.19. The molecule has 4 rings (SSSR count). The quantitative estimate of drug-likeness (QED) is 0.685. The van der Waals surface area contributed by atoms with Crippen molar-refractivity contribution in [3.8, 4) is 16.9 Å². The Labute approximate surface area is 173 Å². The molecule has 0 spiro atoms. The van der Waals surface area contributed by atoms with E-state index in [-0.39, 0.29) is 36.1 Å². The van der Waals surface area contributed by atoms with Crippen LogP contribution in [0.4, 0.5) is 13.2 Å². The molecule has 2 amide bonds. The van der Waals surface area contributed by atoms with E-state index in [9.17, 15) is 22.8 Å². The Hall–Kier alpha value is -3.40. The van der Waals surface area contributed by atoms with Crippen LogP contribution in [0.2, 0.25) is 5.02 Å². The molecule has 11 heteroatoms. The summed E-state index contributed by atoms with van der Waals surface area (Å²) in [5, 5.41) is 7.18. The van der Waals surface area contributed by atoms with Gasteiger partial charge in [-0.2, -0.15) is 18.3 Å². The first-order valence-electron chi connectivity index (χ1n) is 8.67. The molecule has 1 N–H and O–H groups in total. The molecule has 1 aliphatic heterocycles. The Bertz CT molecular complexity index is 1150. The topological polar surface area (TPSA) is 80.1 Å². The van der Waals surface area contributed by atoms with Gasteiger partial charge in [0.25, 0.3) is 5.91 Å². The first-order valence-corrected chi connectivity index (χ1v) is 9.05. The summed E-state index contributed by atoms with van der Waals surface area (Å²) >= 11 is 6.04. The second-order valence-corrected chi connectivity index (χ2v) is 6.96. The summed E-state index contributed by atoms with van der Waals surface area (Å²) in [5.74, 6) is -0.838. The Morgan fingerprint density at radius 2 is 1.97 bits per heavy atom. The Morgan fingerprint density at radius 3 is 2.63 bits per heavy atom. The molecule has 0 aliphatic carbocycles. The summed E-state index contributed by atoms with van der Waals surface area (Å²) in [7, 11) is 0. The number of benzene rings is 1. The highest BCUT2D eigenvalue weighted by Crippen LogP contribution is 2.32. The normalized spacial score (nSPS) is 14.1. The number of hydrogen-bond acceptors (Lipinski definition) is 4. The van der Waals surface area contributed by atoms with Crippen molar-refractivity contribution in [3.63, 3.8) is 0 Å². The first kappa shape index (κ1) is 19.9. The molecular weight excluding hydrogens is 423 g/mol. The van der Waals surface area contributed by atoms with Crippen molar-refractivity contribution in [2.24, 2.45) is 0 Å². The number of aromatic nitrogens is 3. The molecule has 0 bridgehead atoms. The predicted molar refractivity (Wildman–Crippen MR) is 101 cm³/mol. The monoisotopic (exact) mass is 435 g/mol. The predicted octanol–water partition coefficient (Wildman–Crippen LogP) is 3.14. The van der Waals surface area contributed by atoms with Crippen LogP contribution in [0.1, 0.15) is 16.1 Å². The van der Waals surface area contributed by atoms with Crippen molar-refractivity contribution < 1.29 is 22.8 Å². The van der Waals surface area contributed by atoms with Gasteiger partial charge in [-0.1, -0.05) is 17.7 Å². The van der Waals surface area contributed by atoms with Crippen molar-refractivity contribution in [2.75, 3.05) is 13.2 Å². The van der Waals surface area contributed by atoms with E-state index in [4.69, 9.17) is 11.6 Å². The van der Waals surface area contributed by atoms with Crippen LogP contribution in [0.3, 0.4) is 0 Å². The highest BCUT2D eigenvalue weighted by molar-refractivity contribution is 6.30. The maximum absolute atomic E-state index is 13.2. The lowest BCUT2D eigenvalue weighted by atomic mass is 10.1. The number of hydrogen-bond donors (Lipinski definition) is 1. The Balaban J connectivity index is 1.83. The second kappa shape index (κ2) is 7.45. The van der Waals surface area contributed by atoms with Gasteiger partial charge in [0.2, 0.25) is 5.91 Å². The number of halogens is 4. The van der Waals surface area contributed by atoms with Crippen molar-refractivity contribution in [1.29, 1.82) is 0 Å². The number of amides is 2. The lowest BCUT2D eigenvalue weighted by Crippen LogP contribution is -2.30. The van der Waals surface area contributed by atoms with Crippen molar-refractivity contribution in [1.82, 2.24) is 25.0 Å². The highest BCUT2D eigenvalue weighted by Gasteiger charge is 2.32. The Morgan fingerprint density at radius 1 is 1.17 bits per heavy atom. The third-order valence-electron chi connectivity index (χ3n) is 4.43. The summed E-state index contributed by atoms with van der Waals surface area (Å²) in [6.07, 6.45) is -2.61. The van der Waals surface area contributed by atoms with Gasteiger partial charge in [0.05, 0.1) is 23.6 Å².